The Morgan fingerprint density at radius 3 is 2.16 bits per heavy atom. The minimum absolute atomic E-state index is 0.000377. The van der Waals surface area contributed by atoms with E-state index in [1.807, 2.05) is 55.5 Å². The van der Waals surface area contributed by atoms with Gasteiger partial charge < -0.3 is 10.2 Å². The Kier molecular flexibility index (Phi) is 7.11. The number of carbonyl (C=O) groups excluding carboxylic acids is 2. The van der Waals surface area contributed by atoms with E-state index in [4.69, 9.17) is 0 Å². The summed E-state index contributed by atoms with van der Waals surface area (Å²) < 4.78 is 27.3. The smallest absolute Gasteiger partial charge is 0.259 e. The number of hydrogen-bond donors (Lipinski definition) is 1. The Morgan fingerprint density at radius 2 is 1.45 bits per heavy atom. The second kappa shape index (κ2) is 10.6. The molecule has 6 nitrogen and oxygen atoms in total. The van der Waals surface area contributed by atoms with Gasteiger partial charge in [-0.3, -0.25) is 9.59 Å². The summed E-state index contributed by atoms with van der Waals surface area (Å²) in [6.45, 7) is 2.10. The summed E-state index contributed by atoms with van der Waals surface area (Å²) in [5.41, 5.74) is 2.63. The molecule has 1 heterocycles. The highest BCUT2D eigenvalue weighted by molar-refractivity contribution is 7.91. The molecular formula is C31H28N2O4S. The van der Waals surface area contributed by atoms with Gasteiger partial charge in [-0.25, -0.2) is 8.42 Å². The van der Waals surface area contributed by atoms with E-state index in [1.54, 1.807) is 12.1 Å². The van der Waals surface area contributed by atoms with E-state index < -0.39 is 15.7 Å². The van der Waals surface area contributed by atoms with E-state index in [-0.39, 0.29) is 39.5 Å². The summed E-state index contributed by atoms with van der Waals surface area (Å²) in [5, 5.41) is 3.01. The normalized spacial score (nSPS) is 14.7. The Labute approximate surface area is 222 Å². The van der Waals surface area contributed by atoms with Gasteiger partial charge in [-0.15, -0.1) is 0 Å². The zero-order chi connectivity index (χ0) is 26.7. The molecule has 1 atom stereocenters. The van der Waals surface area contributed by atoms with Crippen molar-refractivity contribution in [3.8, 4) is 0 Å². The molecule has 4 aromatic carbocycles. The Balaban J connectivity index is 1.49. The van der Waals surface area contributed by atoms with Gasteiger partial charge in [0.25, 0.3) is 11.8 Å². The summed E-state index contributed by atoms with van der Waals surface area (Å²) in [5.74, 6) is -0.750. The van der Waals surface area contributed by atoms with Gasteiger partial charge in [0.15, 0.2) is 0 Å². The van der Waals surface area contributed by atoms with Crippen LogP contribution in [0.25, 0.3) is 0 Å². The third-order valence-electron chi connectivity index (χ3n) is 6.72. The summed E-state index contributed by atoms with van der Waals surface area (Å²) >= 11 is 0. The quantitative estimate of drug-likeness (QED) is 0.349. The molecule has 5 rings (SSSR count). The molecule has 38 heavy (non-hydrogen) atoms. The van der Waals surface area contributed by atoms with E-state index >= 15 is 0 Å². The first kappa shape index (κ1) is 25.4. The average Bonchev–Trinajstić information content (AvgIpc) is 3.01. The lowest BCUT2D eigenvalue weighted by atomic mass is 10.1. The van der Waals surface area contributed by atoms with Gasteiger partial charge in [0, 0.05) is 11.6 Å². The highest BCUT2D eigenvalue weighted by Crippen LogP contribution is 2.38. The number of fused-ring (bicyclic) bond motifs is 2. The Morgan fingerprint density at radius 1 is 0.816 bits per heavy atom. The second-order valence-electron chi connectivity index (χ2n) is 9.46. The van der Waals surface area contributed by atoms with Crippen LogP contribution in [-0.2, 0) is 22.8 Å². The van der Waals surface area contributed by atoms with Crippen molar-refractivity contribution in [2.45, 2.75) is 42.1 Å². The van der Waals surface area contributed by atoms with Crippen LogP contribution in [-0.4, -0.2) is 26.3 Å². The molecule has 1 N–H and O–H groups in total. The number of anilines is 1. The predicted molar refractivity (Wildman–Crippen MR) is 147 cm³/mol. The summed E-state index contributed by atoms with van der Waals surface area (Å²) in [6, 6.07) is 30.0. The minimum Gasteiger partial charge on any atom is -0.350 e. The maximum atomic E-state index is 13.7. The SMILES string of the molecule is C[C@@H](CCc1ccccc1)NC(=O)c1ccc2c(c1)N(Cc1ccccc1)C(=O)c1ccccc1S2(=O)=O. The van der Waals surface area contributed by atoms with Gasteiger partial charge in [-0.2, -0.15) is 0 Å². The standard InChI is InChI=1S/C31H28N2O4S/c1-22(16-17-23-10-4-2-5-11-23)32-30(34)25-18-19-29-27(20-25)33(21-24-12-6-3-7-13-24)31(35)26-14-8-9-15-28(26)38(29,36)37/h2-15,18-20,22H,16-17,21H2,1H3,(H,32,34)/t22-/m0/s1. The molecule has 1 aliphatic rings. The van der Waals surface area contributed by atoms with E-state index in [0.717, 1.165) is 18.4 Å². The topological polar surface area (TPSA) is 83.6 Å². The molecule has 0 bridgehead atoms. The molecule has 2 amide bonds. The summed E-state index contributed by atoms with van der Waals surface area (Å²) in [7, 11) is -3.99. The molecule has 0 unspecified atom stereocenters. The van der Waals surface area contributed by atoms with Crippen LogP contribution < -0.4 is 10.2 Å². The van der Waals surface area contributed by atoms with Crippen molar-refractivity contribution in [1.29, 1.82) is 0 Å². The summed E-state index contributed by atoms with van der Waals surface area (Å²) in [4.78, 5) is 28.3. The molecule has 192 valence electrons. The van der Waals surface area contributed by atoms with Crippen LogP contribution in [0.5, 0.6) is 0 Å². The Bertz CT molecular complexity index is 1580. The van der Waals surface area contributed by atoms with Crippen LogP contribution >= 0.6 is 0 Å². The number of benzene rings is 4. The van der Waals surface area contributed by atoms with Crippen LogP contribution in [0.4, 0.5) is 5.69 Å². The van der Waals surface area contributed by atoms with E-state index in [2.05, 4.69) is 17.4 Å². The lowest BCUT2D eigenvalue weighted by Gasteiger charge is -2.24. The highest BCUT2D eigenvalue weighted by Gasteiger charge is 2.36. The number of rotatable bonds is 7. The fraction of sp³-hybridized carbons (Fsp3) is 0.161. The molecule has 0 saturated heterocycles. The van der Waals surface area contributed by atoms with Gasteiger partial charge in [0.2, 0.25) is 9.84 Å². The minimum atomic E-state index is -3.99. The van der Waals surface area contributed by atoms with Crippen molar-refractivity contribution in [3.05, 3.63) is 125 Å². The van der Waals surface area contributed by atoms with Crippen LogP contribution in [0.3, 0.4) is 0 Å². The predicted octanol–water partition coefficient (Wildman–Crippen LogP) is 5.43. The van der Waals surface area contributed by atoms with Crippen LogP contribution in [0.1, 0.15) is 45.2 Å². The fourth-order valence-electron chi connectivity index (χ4n) is 4.68. The van der Waals surface area contributed by atoms with Gasteiger partial charge in [0.05, 0.1) is 27.6 Å². The van der Waals surface area contributed by atoms with E-state index in [1.165, 1.54) is 40.8 Å². The Hall–Kier alpha value is -4.23. The largest absolute Gasteiger partial charge is 0.350 e. The third-order valence-corrected chi connectivity index (χ3v) is 8.58. The van der Waals surface area contributed by atoms with Crippen molar-refractivity contribution in [2.24, 2.45) is 0 Å². The van der Waals surface area contributed by atoms with Gasteiger partial charge >= 0.3 is 0 Å². The molecule has 0 spiro atoms. The van der Waals surface area contributed by atoms with Crippen LogP contribution in [0.15, 0.2) is 113 Å². The van der Waals surface area contributed by atoms with Crippen LogP contribution in [0.2, 0.25) is 0 Å². The first-order valence-electron chi connectivity index (χ1n) is 12.5. The lowest BCUT2D eigenvalue weighted by molar-refractivity contribution is 0.0935. The molecule has 0 aliphatic carbocycles. The van der Waals surface area contributed by atoms with Crippen molar-refractivity contribution >= 4 is 27.3 Å². The number of carbonyl (C=O) groups is 2. The molecular weight excluding hydrogens is 496 g/mol. The number of nitrogens with one attached hydrogen (secondary N) is 1. The van der Waals surface area contributed by atoms with Crippen molar-refractivity contribution < 1.29 is 18.0 Å². The molecule has 0 saturated carbocycles. The van der Waals surface area contributed by atoms with Gasteiger partial charge in [-0.05, 0) is 61.2 Å². The fourth-order valence-corrected chi connectivity index (χ4v) is 6.31. The summed E-state index contributed by atoms with van der Waals surface area (Å²) in [6.07, 6.45) is 1.57. The van der Waals surface area contributed by atoms with Gasteiger partial charge in [0.1, 0.15) is 0 Å². The highest BCUT2D eigenvalue weighted by atomic mass is 32.2. The number of sulfone groups is 1. The average molecular weight is 525 g/mol. The first-order valence-corrected chi connectivity index (χ1v) is 14.0. The lowest BCUT2D eigenvalue weighted by Crippen LogP contribution is -2.33. The third kappa shape index (κ3) is 5.10. The second-order valence-corrected chi connectivity index (χ2v) is 11.3. The number of amides is 2. The van der Waals surface area contributed by atoms with Crippen molar-refractivity contribution in [2.75, 3.05) is 4.90 Å². The number of hydrogen-bond acceptors (Lipinski definition) is 4. The van der Waals surface area contributed by atoms with Crippen LogP contribution in [0, 0.1) is 0 Å². The first-order chi connectivity index (χ1) is 18.3. The van der Waals surface area contributed by atoms with Crippen molar-refractivity contribution in [3.63, 3.8) is 0 Å². The zero-order valence-electron chi connectivity index (χ0n) is 21.0. The maximum Gasteiger partial charge on any atom is 0.259 e. The molecule has 0 fully saturated rings. The molecule has 1 aliphatic heterocycles. The molecule has 4 aromatic rings. The van der Waals surface area contributed by atoms with E-state index in [9.17, 15) is 18.0 Å². The molecule has 0 radical (unpaired) electrons. The number of aryl methyl sites for hydroxylation is 1. The zero-order valence-corrected chi connectivity index (χ0v) is 21.8. The van der Waals surface area contributed by atoms with Gasteiger partial charge in [-0.1, -0.05) is 72.8 Å². The maximum absolute atomic E-state index is 13.7. The molecule has 7 heteroatoms. The molecule has 0 aromatic heterocycles. The van der Waals surface area contributed by atoms with E-state index in [0.29, 0.717) is 5.56 Å². The van der Waals surface area contributed by atoms with Crippen molar-refractivity contribution in [1.82, 2.24) is 5.32 Å². The number of nitrogens with zero attached hydrogens (tertiary/aromatic N) is 1. The monoisotopic (exact) mass is 524 g/mol.